The van der Waals surface area contributed by atoms with Gasteiger partial charge in [0.15, 0.2) is 0 Å². The van der Waals surface area contributed by atoms with Crippen molar-refractivity contribution in [3.8, 4) is 0 Å². The molecule has 2 fully saturated rings. The van der Waals surface area contributed by atoms with Crippen LogP contribution in [-0.2, 0) is 20.9 Å². The zero-order chi connectivity index (χ0) is 14.7. The molecule has 21 heavy (non-hydrogen) atoms. The van der Waals surface area contributed by atoms with E-state index < -0.39 is 6.04 Å². The van der Waals surface area contributed by atoms with E-state index in [1.807, 2.05) is 30.3 Å². The van der Waals surface area contributed by atoms with E-state index in [9.17, 15) is 9.59 Å². The quantitative estimate of drug-likeness (QED) is 0.902. The normalized spacial score (nSPS) is 25.4. The highest BCUT2D eigenvalue weighted by atomic mass is 16.5. The van der Waals surface area contributed by atoms with E-state index in [0.717, 1.165) is 24.8 Å². The summed E-state index contributed by atoms with van der Waals surface area (Å²) in [5.74, 6) is -0.0463. The lowest BCUT2D eigenvalue weighted by molar-refractivity contribution is -0.153. The number of hydrogen-bond acceptors (Lipinski definition) is 3. The average molecular weight is 288 g/mol. The van der Waals surface area contributed by atoms with Gasteiger partial charge >= 0.3 is 0 Å². The number of nitrogens with one attached hydrogen (secondary N) is 1. The zero-order valence-corrected chi connectivity index (χ0v) is 12.0. The van der Waals surface area contributed by atoms with Gasteiger partial charge in [-0.15, -0.1) is 0 Å². The lowest BCUT2D eigenvalue weighted by Crippen LogP contribution is -2.65. The number of rotatable bonds is 4. The van der Waals surface area contributed by atoms with Gasteiger partial charge in [0.25, 0.3) is 0 Å². The maximum atomic E-state index is 12.4. The lowest BCUT2D eigenvalue weighted by Gasteiger charge is -2.41. The molecule has 0 bridgehead atoms. The fourth-order valence-electron chi connectivity index (χ4n) is 2.98. The van der Waals surface area contributed by atoms with Gasteiger partial charge in [-0.25, -0.2) is 0 Å². The molecule has 2 atom stereocenters. The molecule has 0 aromatic heterocycles. The van der Waals surface area contributed by atoms with Crippen LogP contribution in [0.1, 0.15) is 24.8 Å². The van der Waals surface area contributed by atoms with Crippen molar-refractivity contribution < 1.29 is 14.3 Å². The number of piperidine rings is 1. The van der Waals surface area contributed by atoms with Gasteiger partial charge in [0, 0.05) is 6.54 Å². The number of benzene rings is 1. The molecular formula is C16H20N2O3. The number of carbonyl (C=O) groups is 2. The van der Waals surface area contributed by atoms with Crippen molar-refractivity contribution in [3.63, 3.8) is 0 Å². The standard InChI is InChI=1S/C16H20N2O3/c19-15-14-8-4-5-9-18(14)16(20)13(17-15)11-21-10-12-6-2-1-3-7-12/h1-3,6-7,13-14H,4-5,8-11H2,(H,17,19)/t13-,14+/m0/s1. The van der Waals surface area contributed by atoms with Crippen molar-refractivity contribution in [2.45, 2.75) is 38.0 Å². The van der Waals surface area contributed by atoms with Crippen LogP contribution in [0.4, 0.5) is 0 Å². The molecule has 0 unspecified atom stereocenters. The van der Waals surface area contributed by atoms with Crippen LogP contribution in [0.2, 0.25) is 0 Å². The summed E-state index contributed by atoms with van der Waals surface area (Å²) in [7, 11) is 0. The van der Waals surface area contributed by atoms with Crippen molar-refractivity contribution in [2.75, 3.05) is 13.2 Å². The van der Waals surface area contributed by atoms with Crippen LogP contribution in [0.15, 0.2) is 30.3 Å². The van der Waals surface area contributed by atoms with Crippen LogP contribution in [-0.4, -0.2) is 41.9 Å². The molecule has 3 rings (SSSR count). The topological polar surface area (TPSA) is 58.6 Å². The van der Waals surface area contributed by atoms with E-state index in [4.69, 9.17) is 4.74 Å². The second-order valence-corrected chi connectivity index (χ2v) is 5.61. The predicted molar refractivity (Wildman–Crippen MR) is 77.4 cm³/mol. The van der Waals surface area contributed by atoms with Crippen LogP contribution < -0.4 is 5.32 Å². The maximum absolute atomic E-state index is 12.4. The lowest BCUT2D eigenvalue weighted by atomic mass is 9.97. The summed E-state index contributed by atoms with van der Waals surface area (Å²) in [6, 6.07) is 8.98. The fourth-order valence-corrected chi connectivity index (χ4v) is 2.98. The smallest absolute Gasteiger partial charge is 0.248 e. The van der Waals surface area contributed by atoms with Gasteiger partial charge in [-0.05, 0) is 24.8 Å². The summed E-state index contributed by atoms with van der Waals surface area (Å²) >= 11 is 0. The van der Waals surface area contributed by atoms with Gasteiger partial charge < -0.3 is 15.0 Å². The molecule has 0 aliphatic carbocycles. The minimum absolute atomic E-state index is 0.00707. The van der Waals surface area contributed by atoms with Crippen LogP contribution in [0.3, 0.4) is 0 Å². The Morgan fingerprint density at radius 1 is 1.19 bits per heavy atom. The van der Waals surface area contributed by atoms with E-state index in [1.54, 1.807) is 4.90 Å². The van der Waals surface area contributed by atoms with E-state index >= 15 is 0 Å². The predicted octanol–water partition coefficient (Wildman–Crippen LogP) is 1.08. The SMILES string of the molecule is O=C1N[C@@H](COCc2ccccc2)C(=O)N2CCCC[C@H]12. The van der Waals surface area contributed by atoms with Crippen molar-refractivity contribution >= 4 is 11.8 Å². The Labute approximate surface area is 124 Å². The fraction of sp³-hybridized carbons (Fsp3) is 0.500. The molecule has 0 saturated carbocycles. The molecule has 1 aromatic rings. The second-order valence-electron chi connectivity index (χ2n) is 5.61. The van der Waals surface area contributed by atoms with Gasteiger partial charge in [0.05, 0.1) is 13.2 Å². The molecule has 2 aliphatic heterocycles. The Morgan fingerprint density at radius 3 is 2.81 bits per heavy atom. The first kappa shape index (κ1) is 14.1. The van der Waals surface area contributed by atoms with Crippen LogP contribution in [0.25, 0.3) is 0 Å². The second kappa shape index (κ2) is 6.26. The number of ether oxygens (including phenoxy) is 1. The summed E-state index contributed by atoms with van der Waals surface area (Å²) in [5, 5.41) is 2.80. The van der Waals surface area contributed by atoms with Gasteiger partial charge in [0.2, 0.25) is 11.8 Å². The van der Waals surface area contributed by atoms with Crippen molar-refractivity contribution in [3.05, 3.63) is 35.9 Å². The Hall–Kier alpha value is -1.88. The summed E-state index contributed by atoms with van der Waals surface area (Å²) in [6.07, 6.45) is 2.76. The molecule has 2 aliphatic rings. The molecule has 2 heterocycles. The Balaban J connectivity index is 1.56. The third kappa shape index (κ3) is 3.08. The van der Waals surface area contributed by atoms with Crippen molar-refractivity contribution in [1.82, 2.24) is 10.2 Å². The maximum Gasteiger partial charge on any atom is 0.248 e. The molecule has 1 N–H and O–H groups in total. The van der Waals surface area contributed by atoms with E-state index in [1.165, 1.54) is 0 Å². The van der Waals surface area contributed by atoms with E-state index in [2.05, 4.69) is 5.32 Å². The summed E-state index contributed by atoms with van der Waals surface area (Å²) in [4.78, 5) is 26.2. The molecular weight excluding hydrogens is 268 g/mol. The zero-order valence-electron chi connectivity index (χ0n) is 12.0. The first-order valence-electron chi connectivity index (χ1n) is 7.48. The highest BCUT2D eigenvalue weighted by molar-refractivity contribution is 5.97. The van der Waals surface area contributed by atoms with Gasteiger partial charge in [-0.2, -0.15) is 0 Å². The number of carbonyl (C=O) groups excluding carboxylic acids is 2. The van der Waals surface area contributed by atoms with Crippen molar-refractivity contribution in [1.29, 1.82) is 0 Å². The minimum Gasteiger partial charge on any atom is -0.374 e. The van der Waals surface area contributed by atoms with Gasteiger partial charge in [-0.1, -0.05) is 30.3 Å². The van der Waals surface area contributed by atoms with E-state index in [0.29, 0.717) is 13.2 Å². The molecule has 112 valence electrons. The molecule has 5 heteroatoms. The van der Waals surface area contributed by atoms with Crippen molar-refractivity contribution in [2.24, 2.45) is 0 Å². The molecule has 0 spiro atoms. The molecule has 5 nitrogen and oxygen atoms in total. The Kier molecular flexibility index (Phi) is 4.20. The summed E-state index contributed by atoms with van der Waals surface area (Å²) in [6.45, 7) is 1.36. The number of hydrogen-bond donors (Lipinski definition) is 1. The van der Waals surface area contributed by atoms with Gasteiger partial charge in [-0.3, -0.25) is 9.59 Å². The first-order chi connectivity index (χ1) is 10.3. The summed E-state index contributed by atoms with van der Waals surface area (Å²) < 4.78 is 5.60. The third-order valence-electron chi connectivity index (χ3n) is 4.10. The monoisotopic (exact) mass is 288 g/mol. The van der Waals surface area contributed by atoms with Crippen LogP contribution >= 0.6 is 0 Å². The number of fused-ring (bicyclic) bond motifs is 1. The van der Waals surface area contributed by atoms with Crippen LogP contribution in [0, 0.1) is 0 Å². The highest BCUT2D eigenvalue weighted by Crippen LogP contribution is 2.21. The average Bonchev–Trinajstić information content (AvgIpc) is 2.53. The Bertz CT molecular complexity index is 518. The Morgan fingerprint density at radius 2 is 2.00 bits per heavy atom. The minimum atomic E-state index is -0.546. The molecule has 2 saturated heterocycles. The first-order valence-corrected chi connectivity index (χ1v) is 7.48. The number of nitrogens with zero attached hydrogens (tertiary/aromatic N) is 1. The van der Waals surface area contributed by atoms with Crippen LogP contribution in [0.5, 0.6) is 0 Å². The summed E-state index contributed by atoms with van der Waals surface area (Å²) in [5.41, 5.74) is 1.06. The molecule has 2 amide bonds. The largest absolute Gasteiger partial charge is 0.374 e. The number of piperazine rings is 1. The number of amides is 2. The third-order valence-corrected chi connectivity index (χ3v) is 4.10. The highest BCUT2D eigenvalue weighted by Gasteiger charge is 2.41. The van der Waals surface area contributed by atoms with E-state index in [-0.39, 0.29) is 24.5 Å². The molecule has 1 aromatic carbocycles. The van der Waals surface area contributed by atoms with Gasteiger partial charge in [0.1, 0.15) is 12.1 Å². The molecule has 0 radical (unpaired) electrons.